The molecule has 122 valence electrons. The summed E-state index contributed by atoms with van der Waals surface area (Å²) in [5.74, 6) is 1.23. The molecule has 0 radical (unpaired) electrons. The minimum Gasteiger partial charge on any atom is -0.439 e. The predicted octanol–water partition coefficient (Wildman–Crippen LogP) is 3.29. The molecule has 3 aromatic rings. The number of nitrogens with two attached hydrogens (primary N) is 1. The molecule has 5 heteroatoms. The van der Waals surface area contributed by atoms with Gasteiger partial charge in [0.15, 0.2) is 0 Å². The Bertz CT molecular complexity index is 860. The number of nitrogens with zero attached hydrogens (tertiary/aromatic N) is 1. The minimum absolute atomic E-state index is 0.0121. The van der Waals surface area contributed by atoms with E-state index in [1.54, 1.807) is 12.1 Å². The molecule has 1 heterocycles. The number of carbonyl (C=O) groups is 1. The van der Waals surface area contributed by atoms with Crippen LogP contribution >= 0.6 is 0 Å². The van der Waals surface area contributed by atoms with Crippen molar-refractivity contribution in [2.75, 3.05) is 12.3 Å². The molecule has 0 unspecified atom stereocenters. The van der Waals surface area contributed by atoms with Crippen LogP contribution < -0.4 is 15.8 Å². The number of anilines is 1. The van der Waals surface area contributed by atoms with Crippen molar-refractivity contribution in [3.8, 4) is 11.6 Å². The first kappa shape index (κ1) is 15.8. The molecule has 2 aromatic carbocycles. The molecule has 1 amide bonds. The van der Waals surface area contributed by atoms with E-state index in [4.69, 9.17) is 10.5 Å². The van der Waals surface area contributed by atoms with E-state index < -0.39 is 0 Å². The SMILES string of the molecule is CC(=O)NCCc1ccc2nc(Oc3ccc(N)cc3)ccc2c1. The van der Waals surface area contributed by atoms with Gasteiger partial charge in [0.1, 0.15) is 5.75 Å². The van der Waals surface area contributed by atoms with Crippen LogP contribution in [0.4, 0.5) is 5.69 Å². The molecule has 24 heavy (non-hydrogen) atoms. The summed E-state index contributed by atoms with van der Waals surface area (Å²) in [7, 11) is 0. The van der Waals surface area contributed by atoms with E-state index in [2.05, 4.69) is 16.4 Å². The van der Waals surface area contributed by atoms with Gasteiger partial charge in [0.05, 0.1) is 5.52 Å². The molecule has 0 aliphatic rings. The number of nitrogen functional groups attached to an aromatic ring is 1. The van der Waals surface area contributed by atoms with Crippen LogP contribution in [0.2, 0.25) is 0 Å². The molecule has 0 atom stereocenters. The summed E-state index contributed by atoms with van der Waals surface area (Å²) >= 11 is 0. The quantitative estimate of drug-likeness (QED) is 0.707. The summed E-state index contributed by atoms with van der Waals surface area (Å²) in [6, 6.07) is 17.1. The summed E-state index contributed by atoms with van der Waals surface area (Å²) in [5.41, 5.74) is 8.38. The third-order valence-corrected chi connectivity index (χ3v) is 3.62. The fourth-order valence-corrected chi connectivity index (χ4v) is 2.41. The highest BCUT2D eigenvalue weighted by Gasteiger charge is 2.03. The zero-order valence-corrected chi connectivity index (χ0v) is 13.5. The number of aromatic nitrogens is 1. The molecule has 0 saturated carbocycles. The maximum Gasteiger partial charge on any atom is 0.219 e. The van der Waals surface area contributed by atoms with Crippen LogP contribution in [0.1, 0.15) is 12.5 Å². The van der Waals surface area contributed by atoms with Gasteiger partial charge in [0, 0.05) is 30.6 Å². The number of pyridine rings is 1. The summed E-state index contributed by atoms with van der Waals surface area (Å²) in [6.45, 7) is 2.15. The van der Waals surface area contributed by atoms with Gasteiger partial charge in [-0.1, -0.05) is 6.07 Å². The summed E-state index contributed by atoms with van der Waals surface area (Å²) in [4.78, 5) is 15.4. The summed E-state index contributed by atoms with van der Waals surface area (Å²) in [5, 5.41) is 3.84. The molecule has 3 rings (SSSR count). The molecule has 0 fully saturated rings. The smallest absolute Gasteiger partial charge is 0.219 e. The van der Waals surface area contributed by atoms with Gasteiger partial charge in [0.25, 0.3) is 0 Å². The van der Waals surface area contributed by atoms with E-state index in [0.29, 0.717) is 23.9 Å². The second-order valence-corrected chi connectivity index (χ2v) is 5.58. The number of nitrogens with one attached hydrogen (secondary N) is 1. The Labute approximate surface area is 140 Å². The van der Waals surface area contributed by atoms with Gasteiger partial charge in [-0.2, -0.15) is 0 Å². The molecular formula is C19H19N3O2. The Balaban J connectivity index is 1.74. The average Bonchev–Trinajstić information content (AvgIpc) is 2.57. The number of amides is 1. The molecule has 0 aliphatic heterocycles. The van der Waals surface area contributed by atoms with Crippen LogP contribution in [0.15, 0.2) is 54.6 Å². The Morgan fingerprint density at radius 3 is 2.67 bits per heavy atom. The number of hydrogen-bond acceptors (Lipinski definition) is 4. The first-order chi connectivity index (χ1) is 11.6. The highest BCUT2D eigenvalue weighted by atomic mass is 16.5. The number of rotatable bonds is 5. The van der Waals surface area contributed by atoms with E-state index in [-0.39, 0.29) is 5.91 Å². The Hall–Kier alpha value is -3.08. The van der Waals surface area contributed by atoms with Gasteiger partial charge in [-0.25, -0.2) is 4.98 Å². The zero-order valence-electron chi connectivity index (χ0n) is 13.5. The molecule has 0 spiro atoms. The molecule has 0 saturated heterocycles. The Morgan fingerprint density at radius 2 is 1.92 bits per heavy atom. The van der Waals surface area contributed by atoms with Crippen molar-refractivity contribution < 1.29 is 9.53 Å². The van der Waals surface area contributed by atoms with Crippen LogP contribution in [0.3, 0.4) is 0 Å². The second-order valence-electron chi connectivity index (χ2n) is 5.58. The van der Waals surface area contributed by atoms with Crippen LogP contribution in [0.25, 0.3) is 10.9 Å². The van der Waals surface area contributed by atoms with Gasteiger partial charge in [-0.05, 0) is 54.4 Å². The zero-order chi connectivity index (χ0) is 16.9. The van der Waals surface area contributed by atoms with E-state index in [1.807, 2.05) is 36.4 Å². The average molecular weight is 321 g/mol. The molecule has 1 aromatic heterocycles. The van der Waals surface area contributed by atoms with Crippen LogP contribution in [-0.4, -0.2) is 17.4 Å². The highest BCUT2D eigenvalue weighted by molar-refractivity contribution is 5.80. The van der Waals surface area contributed by atoms with E-state index >= 15 is 0 Å². The Morgan fingerprint density at radius 1 is 1.12 bits per heavy atom. The summed E-state index contributed by atoms with van der Waals surface area (Å²) < 4.78 is 5.75. The molecule has 5 nitrogen and oxygen atoms in total. The number of hydrogen-bond donors (Lipinski definition) is 2. The lowest BCUT2D eigenvalue weighted by atomic mass is 10.1. The number of ether oxygens (including phenoxy) is 1. The fourth-order valence-electron chi connectivity index (χ4n) is 2.41. The monoisotopic (exact) mass is 321 g/mol. The lowest BCUT2D eigenvalue weighted by Crippen LogP contribution is -2.22. The fraction of sp³-hybridized carbons (Fsp3) is 0.158. The molecule has 0 bridgehead atoms. The van der Waals surface area contributed by atoms with E-state index in [9.17, 15) is 4.79 Å². The van der Waals surface area contributed by atoms with Crippen molar-refractivity contribution >= 4 is 22.5 Å². The van der Waals surface area contributed by atoms with Crippen molar-refractivity contribution in [3.05, 3.63) is 60.2 Å². The minimum atomic E-state index is -0.0121. The normalized spacial score (nSPS) is 10.5. The predicted molar refractivity (Wildman–Crippen MR) is 95.1 cm³/mol. The van der Waals surface area contributed by atoms with Crippen LogP contribution in [0.5, 0.6) is 11.6 Å². The van der Waals surface area contributed by atoms with Crippen molar-refractivity contribution in [2.24, 2.45) is 0 Å². The lowest BCUT2D eigenvalue weighted by Gasteiger charge is -2.08. The van der Waals surface area contributed by atoms with Gasteiger partial charge >= 0.3 is 0 Å². The number of carbonyl (C=O) groups excluding carboxylic acids is 1. The number of benzene rings is 2. The second kappa shape index (κ2) is 7.00. The van der Waals surface area contributed by atoms with Gasteiger partial charge < -0.3 is 15.8 Å². The molecule has 0 aliphatic carbocycles. The van der Waals surface area contributed by atoms with Crippen molar-refractivity contribution in [1.82, 2.24) is 10.3 Å². The number of fused-ring (bicyclic) bond motifs is 1. The topological polar surface area (TPSA) is 77.2 Å². The van der Waals surface area contributed by atoms with Gasteiger partial charge in [-0.3, -0.25) is 4.79 Å². The van der Waals surface area contributed by atoms with E-state index in [0.717, 1.165) is 22.9 Å². The van der Waals surface area contributed by atoms with Crippen molar-refractivity contribution in [2.45, 2.75) is 13.3 Å². The molecular weight excluding hydrogens is 302 g/mol. The standard InChI is InChI=1S/C19H19N3O2/c1-13(23)21-11-10-14-2-8-18-15(12-14)3-9-19(22-18)24-17-6-4-16(20)5-7-17/h2-9,12H,10-11,20H2,1H3,(H,21,23). The first-order valence-electron chi connectivity index (χ1n) is 7.78. The largest absolute Gasteiger partial charge is 0.439 e. The lowest BCUT2D eigenvalue weighted by molar-refractivity contribution is -0.118. The third kappa shape index (κ3) is 4.01. The first-order valence-corrected chi connectivity index (χ1v) is 7.78. The highest BCUT2D eigenvalue weighted by Crippen LogP contribution is 2.23. The maximum atomic E-state index is 10.9. The molecule has 3 N–H and O–H groups in total. The Kier molecular flexibility index (Phi) is 4.61. The van der Waals surface area contributed by atoms with Crippen LogP contribution in [0, 0.1) is 0 Å². The van der Waals surface area contributed by atoms with Crippen molar-refractivity contribution in [1.29, 1.82) is 0 Å². The maximum absolute atomic E-state index is 10.9. The van der Waals surface area contributed by atoms with Gasteiger partial charge in [-0.15, -0.1) is 0 Å². The van der Waals surface area contributed by atoms with Gasteiger partial charge in [0.2, 0.25) is 11.8 Å². The summed E-state index contributed by atoms with van der Waals surface area (Å²) in [6.07, 6.45) is 0.791. The van der Waals surface area contributed by atoms with E-state index in [1.165, 1.54) is 6.92 Å². The third-order valence-electron chi connectivity index (χ3n) is 3.62. The van der Waals surface area contributed by atoms with Crippen molar-refractivity contribution in [3.63, 3.8) is 0 Å². The van der Waals surface area contributed by atoms with Crippen LogP contribution in [-0.2, 0) is 11.2 Å².